The Kier molecular flexibility index (Phi) is 61.9. The summed E-state index contributed by atoms with van der Waals surface area (Å²) in [5, 5.41) is 14.5. The zero-order valence-electron chi connectivity index (χ0n) is 92.0. The van der Waals surface area contributed by atoms with E-state index in [1.54, 1.807) is 0 Å². The van der Waals surface area contributed by atoms with E-state index in [4.69, 9.17) is 0 Å². The molecule has 7 atom stereocenters. The maximum Gasteiger partial charge on any atom is 0.236 e. The minimum atomic E-state index is 0.290. The van der Waals surface area contributed by atoms with Crippen LogP contribution < -0.4 is 21.3 Å². The van der Waals surface area contributed by atoms with Gasteiger partial charge in [0.05, 0.1) is 6.54 Å². The highest BCUT2D eigenvalue weighted by Gasteiger charge is 2.43. The third-order valence-electron chi connectivity index (χ3n) is 27.5. The third-order valence-corrected chi connectivity index (χ3v) is 27.5. The predicted molar refractivity (Wildman–Crippen MR) is 559 cm³/mol. The number of rotatable bonds is 33. The van der Waals surface area contributed by atoms with Crippen LogP contribution in [-0.2, 0) is 4.79 Å². The summed E-state index contributed by atoms with van der Waals surface area (Å²) in [4.78, 5) is 47.4. The second-order valence-electron chi connectivity index (χ2n) is 48.2. The highest BCUT2D eigenvalue weighted by Crippen LogP contribution is 2.34. The van der Waals surface area contributed by atoms with Gasteiger partial charge in [0.25, 0.3) is 0 Å². The summed E-state index contributed by atoms with van der Waals surface area (Å²) in [7, 11) is 0. The first-order chi connectivity index (χ1) is 59.6. The Bertz CT molecular complexity index is 2550. The lowest BCUT2D eigenvalue weighted by Crippen LogP contribution is -2.53. The molecular formula is C108H228N18O. The van der Waals surface area contributed by atoms with Gasteiger partial charge >= 0.3 is 0 Å². The SMILES string of the molecule is CC(C)CCN1CCC(NC(C)C)C1.CC(C)CCN1CCCC(NC(C)C)C1.CC(C)CN1CC2CCN(C(C)C)C2C1.CC(C)CN1CC2CN(C(C)C)CC2C1.CC(C)CN1CCC(NC(C)C)C1.CC(C)CN1CCC(NC(C)C)CC1.CC(C)CN1CCCN(C(C)C)CC1.CC(C)CN1CCN(C(C)C)CC1.CC(C)CN1CCN(C(C)C)CC1=O. The number of carbonyl (C=O) groups is 1. The molecule has 0 radical (unpaired) electrons. The van der Waals surface area contributed by atoms with Crippen molar-refractivity contribution in [1.29, 1.82) is 0 Å². The fourth-order valence-corrected chi connectivity index (χ4v) is 21.4. The molecule has 19 heteroatoms. The molecule has 19 nitrogen and oxygen atoms in total. The van der Waals surface area contributed by atoms with E-state index in [2.05, 4.69) is 334 Å². The molecular weight excluding hydrogens is 1570 g/mol. The number of nitrogens with zero attached hydrogens (tertiary/aromatic N) is 14. The van der Waals surface area contributed by atoms with Crippen molar-refractivity contribution in [2.24, 2.45) is 71.0 Å². The van der Waals surface area contributed by atoms with Gasteiger partial charge in [-0.05, 0) is 270 Å². The lowest BCUT2D eigenvalue weighted by molar-refractivity contribution is -0.137. The molecule has 0 aromatic rings. The van der Waals surface area contributed by atoms with Crippen LogP contribution in [0.3, 0.4) is 0 Å². The van der Waals surface area contributed by atoms with Crippen molar-refractivity contribution in [3.05, 3.63) is 0 Å². The summed E-state index contributed by atoms with van der Waals surface area (Å²) in [6.07, 6.45) is 13.5. The highest BCUT2D eigenvalue weighted by atomic mass is 16.2. The molecule has 0 aliphatic carbocycles. The summed E-state index contributed by atoms with van der Waals surface area (Å²) in [6.45, 7) is 125. The van der Waals surface area contributed by atoms with E-state index in [1.807, 2.05) is 4.90 Å². The molecule has 11 saturated heterocycles. The van der Waals surface area contributed by atoms with Gasteiger partial charge in [-0.25, -0.2) is 0 Å². The predicted octanol–water partition coefficient (Wildman–Crippen LogP) is 17.3. The standard InChI is InChI=1S/2C13H26N2.C13H28N2.3C12H26N2.C11H22N2O.2C11H24N2/c1-10(2)5-14-6-12-8-15(11(3)4)9-13(12)7-14;1-10(2)7-14-8-12-5-6-15(11(3)4)13(12)9-14;1-11(2)7-9-15-8-5-6-13(10-15)14-12(3)4;1-10(2)9-14-7-5-12(6-8-14)13-11(3)4;1-10(2)5-7-14-8-6-12(9-14)13-11(3)4;1-11(2)10-13-6-5-7-14(9-8-13)12(3)4;1-9(2)7-13-6-5-12(10(3)4)8-11(13)14;1-10(2)9-12-5-7-13(8-6-12)11(3)4;1-9(2)7-13-6-5-11(8-13)12-10(3)4/h2*10-13H,5-9H2,1-4H3;11-14H,5-10H2,1-4H3;2*10-13H,5-9H2,1-4H3;11-12H,5-10H2,1-4H3;9-10H,5-8H2,1-4H3;10-11H,5-9H2,1-4H3;9-12H,5-8H2,1-4H3. The molecule has 11 aliphatic rings. The van der Waals surface area contributed by atoms with Crippen molar-refractivity contribution in [2.45, 2.75) is 398 Å². The average Bonchev–Trinajstić information content (AvgIpc) is 1.66. The van der Waals surface area contributed by atoms with E-state index in [0.717, 1.165) is 133 Å². The Morgan fingerprint density at radius 3 is 0.984 bits per heavy atom. The number of hydrogen-bond donors (Lipinski definition) is 4. The smallest absolute Gasteiger partial charge is 0.236 e. The first-order valence-electron chi connectivity index (χ1n) is 54.5. The monoisotopic (exact) mass is 1790 g/mol. The van der Waals surface area contributed by atoms with Gasteiger partial charge in [0.15, 0.2) is 0 Å². The van der Waals surface area contributed by atoms with Gasteiger partial charge in [0, 0.05) is 242 Å². The number of piperidine rings is 2. The highest BCUT2D eigenvalue weighted by molar-refractivity contribution is 5.79. The van der Waals surface area contributed by atoms with Crippen LogP contribution in [0.5, 0.6) is 0 Å². The molecule has 7 unspecified atom stereocenters. The summed E-state index contributed by atoms with van der Waals surface area (Å²) in [5.41, 5.74) is 0. The zero-order chi connectivity index (χ0) is 95.3. The van der Waals surface area contributed by atoms with Gasteiger partial charge in [-0.1, -0.05) is 180 Å². The summed E-state index contributed by atoms with van der Waals surface area (Å²) in [5.74, 6) is 10.3. The largest absolute Gasteiger partial charge is 0.340 e. The molecule has 1 amide bonds. The third kappa shape index (κ3) is 54.5. The van der Waals surface area contributed by atoms with E-state index in [1.165, 1.54) is 267 Å². The maximum absolute atomic E-state index is 11.7. The number of nitrogens with one attached hydrogen (secondary N) is 4. The minimum absolute atomic E-state index is 0.290. The van der Waals surface area contributed by atoms with E-state index < -0.39 is 0 Å². The van der Waals surface area contributed by atoms with Crippen LogP contribution in [-0.4, -0.2) is 388 Å². The van der Waals surface area contributed by atoms with Gasteiger partial charge in [-0.15, -0.1) is 0 Å². The molecule has 11 rings (SSSR count). The molecule has 11 heterocycles. The second-order valence-corrected chi connectivity index (χ2v) is 48.2. The first kappa shape index (κ1) is 120. The Morgan fingerprint density at radius 1 is 0.244 bits per heavy atom. The maximum atomic E-state index is 11.7. The van der Waals surface area contributed by atoms with E-state index in [0.29, 0.717) is 54.6 Å². The molecule has 4 N–H and O–H groups in total. The van der Waals surface area contributed by atoms with Gasteiger partial charge in [0.1, 0.15) is 0 Å². The average molecular weight is 1800 g/mol. The number of hydrogen-bond acceptors (Lipinski definition) is 18. The van der Waals surface area contributed by atoms with E-state index in [-0.39, 0.29) is 0 Å². The van der Waals surface area contributed by atoms with Crippen LogP contribution in [0.2, 0.25) is 0 Å². The van der Waals surface area contributed by atoms with Crippen molar-refractivity contribution in [3.63, 3.8) is 0 Å². The van der Waals surface area contributed by atoms with Gasteiger partial charge in [-0.2, -0.15) is 0 Å². The quantitative estimate of drug-likeness (QED) is 0.0500. The number of fused-ring (bicyclic) bond motifs is 2. The molecule has 11 fully saturated rings. The van der Waals surface area contributed by atoms with Crippen LogP contribution in [0.15, 0.2) is 0 Å². The Balaban J connectivity index is 0.000000369. The van der Waals surface area contributed by atoms with Crippen LogP contribution in [0.1, 0.15) is 313 Å². The summed E-state index contributed by atoms with van der Waals surface area (Å²) < 4.78 is 0. The lowest BCUT2D eigenvalue weighted by Gasteiger charge is -2.37. The molecule has 0 spiro atoms. The number of likely N-dealkylation sites (tertiary alicyclic amines) is 8. The molecule has 0 aromatic carbocycles. The summed E-state index contributed by atoms with van der Waals surface area (Å²) in [6, 6.07) is 9.75. The van der Waals surface area contributed by atoms with Crippen molar-refractivity contribution in [1.82, 2.24) is 89.9 Å². The van der Waals surface area contributed by atoms with E-state index in [9.17, 15) is 4.79 Å². The molecule has 127 heavy (non-hydrogen) atoms. The topological polar surface area (TPSA) is 111 Å². The Labute approximate surface area is 794 Å². The van der Waals surface area contributed by atoms with Crippen LogP contribution in [0.4, 0.5) is 0 Å². The molecule has 0 aromatic heterocycles. The van der Waals surface area contributed by atoms with Gasteiger partial charge < -0.3 is 70.3 Å². The van der Waals surface area contributed by atoms with Crippen LogP contribution in [0, 0.1) is 71.0 Å². The Hall–Kier alpha value is -1.21. The van der Waals surface area contributed by atoms with Gasteiger partial charge in [-0.3, -0.25) is 24.4 Å². The lowest BCUT2D eigenvalue weighted by atomic mass is 10.0. The van der Waals surface area contributed by atoms with Crippen molar-refractivity contribution < 1.29 is 4.79 Å². The zero-order valence-corrected chi connectivity index (χ0v) is 92.0. The fraction of sp³-hybridized carbons (Fsp3) is 0.991. The van der Waals surface area contributed by atoms with Crippen molar-refractivity contribution >= 4 is 5.91 Å². The molecule has 756 valence electrons. The normalized spacial score (nSPS) is 25.0. The van der Waals surface area contributed by atoms with Crippen molar-refractivity contribution in [2.75, 3.05) is 229 Å². The summed E-state index contributed by atoms with van der Waals surface area (Å²) >= 11 is 0. The van der Waals surface area contributed by atoms with Gasteiger partial charge in [0.2, 0.25) is 5.91 Å². The number of carbonyl (C=O) groups excluding carboxylic acids is 1. The first-order valence-corrected chi connectivity index (χ1v) is 54.5. The minimum Gasteiger partial charge on any atom is -0.340 e. The van der Waals surface area contributed by atoms with Crippen molar-refractivity contribution in [3.8, 4) is 0 Å². The van der Waals surface area contributed by atoms with E-state index >= 15 is 0 Å². The number of piperazine rings is 2. The Morgan fingerprint density at radius 2 is 0.575 bits per heavy atom. The van der Waals surface area contributed by atoms with Crippen LogP contribution in [0.25, 0.3) is 0 Å². The van der Waals surface area contributed by atoms with Crippen LogP contribution >= 0.6 is 0 Å². The molecule has 0 saturated carbocycles. The molecule has 11 aliphatic heterocycles. The second kappa shape index (κ2) is 65.6. The fourth-order valence-electron chi connectivity index (χ4n) is 21.4. The molecule has 0 bridgehead atoms. The number of amides is 1.